The normalized spacial score (nSPS) is 16.0. The third-order valence-corrected chi connectivity index (χ3v) is 10.5. The fourth-order valence-electron chi connectivity index (χ4n) is 6.25. The number of unbranched alkanes of at least 4 members (excludes halogenated alkanes) is 16. The highest BCUT2D eigenvalue weighted by atomic mass is 79.9. The van der Waals surface area contributed by atoms with Gasteiger partial charge in [-0.15, -0.1) is 11.8 Å². The molecule has 1 aliphatic rings. The van der Waals surface area contributed by atoms with Gasteiger partial charge in [-0.3, -0.25) is 0 Å². The van der Waals surface area contributed by atoms with Crippen molar-refractivity contribution in [1.82, 2.24) is 5.32 Å². The van der Waals surface area contributed by atoms with Crippen LogP contribution in [0.3, 0.4) is 0 Å². The second-order valence-electron chi connectivity index (χ2n) is 12.5. The van der Waals surface area contributed by atoms with E-state index in [1.807, 2.05) is 11.8 Å². The number of methoxy groups -OCH3 is 1. The van der Waals surface area contributed by atoms with E-state index < -0.39 is 0 Å². The number of benzene rings is 1. The SMILES string of the molecule is CCCCCCCCCCCCCCCCCCNC(=O)OCC1(c2ccc3ccccc3[n+]2CCCCOC)CCS1.[Br-]. The van der Waals surface area contributed by atoms with Crippen LogP contribution in [0, 0.1) is 0 Å². The van der Waals surface area contributed by atoms with Crippen LogP contribution in [0.4, 0.5) is 4.79 Å². The predicted octanol–water partition coefficient (Wildman–Crippen LogP) is 6.88. The Hall–Kier alpha value is -1.31. The van der Waals surface area contributed by atoms with Crippen LogP contribution in [0.15, 0.2) is 36.4 Å². The first kappa shape index (κ1) is 38.9. The number of hydrogen-bond acceptors (Lipinski definition) is 4. The van der Waals surface area contributed by atoms with E-state index in [0.717, 1.165) is 44.6 Å². The number of halogens is 1. The fraction of sp³-hybridized carbons (Fsp3) is 0.730. The van der Waals surface area contributed by atoms with Crippen molar-refractivity contribution in [3.05, 3.63) is 42.1 Å². The van der Waals surface area contributed by atoms with E-state index in [0.29, 0.717) is 13.2 Å². The summed E-state index contributed by atoms with van der Waals surface area (Å²) in [7, 11) is 1.76. The van der Waals surface area contributed by atoms with Crippen LogP contribution in [0.25, 0.3) is 10.9 Å². The fourth-order valence-corrected chi connectivity index (χ4v) is 7.42. The van der Waals surface area contributed by atoms with Crippen molar-refractivity contribution in [3.8, 4) is 0 Å². The number of carbonyl (C=O) groups excluding carboxylic acids is 1. The van der Waals surface area contributed by atoms with Crippen molar-refractivity contribution in [1.29, 1.82) is 0 Å². The van der Waals surface area contributed by atoms with Crippen molar-refractivity contribution >= 4 is 28.8 Å². The van der Waals surface area contributed by atoms with Crippen LogP contribution in [0.2, 0.25) is 0 Å². The van der Waals surface area contributed by atoms with Crippen LogP contribution < -0.4 is 26.9 Å². The molecule has 1 aromatic carbocycles. The summed E-state index contributed by atoms with van der Waals surface area (Å²) in [6.45, 7) is 5.12. The standard InChI is InChI=1S/C37H60N2O3S.BrH/c1-3-4-5-6-7-8-9-10-11-12-13-14-15-16-17-20-28-38-36(40)42-32-37(27-31-43-37)35-26-25-33-23-18-19-24-34(33)39(35)29-21-22-30-41-2;/h18-19,23-26H,3-17,20-22,27-32H2,1-2H3;1H. The number of ether oxygens (including phenoxy) is 2. The van der Waals surface area contributed by atoms with Gasteiger partial charge in [0.15, 0.2) is 0 Å². The first-order chi connectivity index (χ1) is 21.2. The molecule has 0 spiro atoms. The Morgan fingerprint density at radius 2 is 1.41 bits per heavy atom. The molecular formula is C37H61BrN2O3S. The second-order valence-corrected chi connectivity index (χ2v) is 14.0. The molecule has 1 atom stereocenters. The maximum absolute atomic E-state index is 12.6. The number of fused-ring (bicyclic) bond motifs is 1. The number of aromatic nitrogens is 1. The van der Waals surface area contributed by atoms with Crippen molar-refractivity contribution < 1.29 is 35.8 Å². The lowest BCUT2D eigenvalue weighted by atomic mass is 9.98. The highest BCUT2D eigenvalue weighted by Gasteiger charge is 2.48. The predicted molar refractivity (Wildman–Crippen MR) is 183 cm³/mol. The summed E-state index contributed by atoms with van der Waals surface area (Å²) >= 11 is 1.91. The number of carbonyl (C=O) groups is 1. The molecule has 7 heteroatoms. The molecule has 1 N–H and O–H groups in total. The maximum atomic E-state index is 12.6. The molecule has 2 aromatic rings. The lowest BCUT2D eigenvalue weighted by Crippen LogP contribution is -3.00. The molecule has 0 saturated carbocycles. The quantitative estimate of drug-likeness (QED) is 0.0911. The van der Waals surface area contributed by atoms with E-state index in [1.54, 1.807) is 7.11 Å². The maximum Gasteiger partial charge on any atom is 0.407 e. The van der Waals surface area contributed by atoms with E-state index in [1.165, 1.54) is 113 Å². The Balaban J connectivity index is 0.00000675. The van der Waals surface area contributed by atoms with Crippen molar-refractivity contribution in [2.45, 2.75) is 140 Å². The minimum Gasteiger partial charge on any atom is -1.00 e. The summed E-state index contributed by atoms with van der Waals surface area (Å²) in [6, 6.07) is 13.1. The van der Waals surface area contributed by atoms with E-state index in [-0.39, 0.29) is 27.8 Å². The van der Waals surface area contributed by atoms with Gasteiger partial charge in [-0.1, -0.05) is 115 Å². The number of pyridine rings is 1. The Morgan fingerprint density at radius 1 is 0.818 bits per heavy atom. The van der Waals surface area contributed by atoms with Crippen molar-refractivity contribution in [3.63, 3.8) is 0 Å². The number of rotatable bonds is 25. The first-order valence-corrected chi connectivity index (χ1v) is 18.6. The number of nitrogens with one attached hydrogen (secondary N) is 1. The number of hydrogen-bond donors (Lipinski definition) is 1. The summed E-state index contributed by atoms with van der Waals surface area (Å²) in [4.78, 5) is 12.6. The average molecular weight is 694 g/mol. The van der Waals surface area contributed by atoms with E-state index in [9.17, 15) is 4.79 Å². The molecule has 0 radical (unpaired) electrons. The lowest BCUT2D eigenvalue weighted by Gasteiger charge is -2.38. The third kappa shape index (κ3) is 14.0. The summed E-state index contributed by atoms with van der Waals surface area (Å²) in [5.74, 6) is 1.10. The molecule has 3 rings (SSSR count). The monoisotopic (exact) mass is 692 g/mol. The van der Waals surface area contributed by atoms with Crippen molar-refractivity contribution in [2.24, 2.45) is 0 Å². The molecule has 1 aromatic heterocycles. The van der Waals surface area contributed by atoms with Gasteiger partial charge >= 0.3 is 6.09 Å². The largest absolute Gasteiger partial charge is 1.00 e. The van der Waals surface area contributed by atoms with Crippen LogP contribution >= 0.6 is 11.8 Å². The molecule has 5 nitrogen and oxygen atoms in total. The van der Waals surface area contributed by atoms with Gasteiger partial charge in [0.05, 0.1) is 0 Å². The number of para-hydroxylation sites is 1. The van der Waals surface area contributed by atoms with E-state index in [4.69, 9.17) is 9.47 Å². The van der Waals surface area contributed by atoms with Crippen LogP contribution in [-0.2, 0) is 20.8 Å². The summed E-state index contributed by atoms with van der Waals surface area (Å²) in [5, 5.41) is 4.25. The van der Waals surface area contributed by atoms with Gasteiger partial charge in [0.25, 0.3) is 0 Å². The van der Waals surface area contributed by atoms with Gasteiger partial charge in [0.1, 0.15) is 17.9 Å². The van der Waals surface area contributed by atoms with Gasteiger partial charge in [-0.05, 0) is 37.1 Å². The Labute approximate surface area is 283 Å². The Morgan fingerprint density at radius 3 is 1.98 bits per heavy atom. The molecule has 0 aliphatic carbocycles. The van der Waals surface area contributed by atoms with Gasteiger partial charge < -0.3 is 31.8 Å². The molecule has 44 heavy (non-hydrogen) atoms. The second kappa shape index (κ2) is 23.9. The highest BCUT2D eigenvalue weighted by Crippen LogP contribution is 2.48. The summed E-state index contributed by atoms with van der Waals surface area (Å²) in [6.07, 6.45) is 24.5. The van der Waals surface area contributed by atoms with Crippen LogP contribution in [-0.4, -0.2) is 38.7 Å². The molecule has 1 amide bonds. The first-order valence-electron chi connectivity index (χ1n) is 17.7. The Bertz CT molecular complexity index is 1030. The highest BCUT2D eigenvalue weighted by molar-refractivity contribution is 8.01. The molecule has 1 fully saturated rings. The van der Waals surface area contributed by atoms with Crippen LogP contribution in [0.5, 0.6) is 0 Å². The molecule has 2 heterocycles. The minimum absolute atomic E-state index is 0. The molecule has 0 bridgehead atoms. The molecule has 1 aliphatic heterocycles. The number of amides is 1. The zero-order valence-corrected chi connectivity index (χ0v) is 30.3. The smallest absolute Gasteiger partial charge is 0.407 e. The number of aryl methyl sites for hydroxylation is 1. The number of nitrogens with zero attached hydrogens (tertiary/aromatic N) is 1. The van der Waals surface area contributed by atoms with Gasteiger partial charge in [0, 0.05) is 44.2 Å². The third-order valence-electron chi connectivity index (χ3n) is 9.01. The summed E-state index contributed by atoms with van der Waals surface area (Å²) < 4.78 is 13.4. The average Bonchev–Trinajstić information content (AvgIpc) is 3.00. The van der Waals surface area contributed by atoms with Crippen molar-refractivity contribution in [2.75, 3.05) is 32.6 Å². The summed E-state index contributed by atoms with van der Waals surface area (Å²) in [5.41, 5.74) is 2.52. The van der Waals surface area contributed by atoms with E-state index >= 15 is 0 Å². The zero-order chi connectivity index (χ0) is 30.4. The van der Waals surface area contributed by atoms with E-state index in [2.05, 4.69) is 53.2 Å². The van der Waals surface area contributed by atoms with Gasteiger partial charge in [0.2, 0.25) is 11.2 Å². The molecule has 1 unspecified atom stereocenters. The zero-order valence-electron chi connectivity index (χ0n) is 27.9. The lowest BCUT2D eigenvalue weighted by molar-refractivity contribution is -0.681. The molecular weight excluding hydrogens is 632 g/mol. The number of thioether (sulfide) groups is 1. The van der Waals surface area contributed by atoms with Gasteiger partial charge in [-0.25, -0.2) is 4.79 Å². The Kier molecular flexibility index (Phi) is 21.2. The van der Waals surface area contributed by atoms with Crippen LogP contribution in [0.1, 0.15) is 135 Å². The van der Waals surface area contributed by atoms with Gasteiger partial charge in [-0.2, -0.15) is 4.57 Å². The molecule has 1 saturated heterocycles. The minimum atomic E-state index is -0.278. The topological polar surface area (TPSA) is 51.4 Å². The number of alkyl carbamates (subject to hydrolysis) is 1. The molecule has 250 valence electrons.